The standard InChI is InChI=1S/C17H21BN2O3/c1-12(2)23-17-6-4-3-5-16(17)20-19-14-8-7-13-9-10-22-18(21)15(13)11-14/h3-8,11-12,19-21H,9-10H2,1-2H3. The molecule has 23 heavy (non-hydrogen) atoms. The molecule has 0 radical (unpaired) electrons. The lowest BCUT2D eigenvalue weighted by molar-refractivity contribution is 0.243. The molecule has 0 bridgehead atoms. The molecule has 0 amide bonds. The summed E-state index contributed by atoms with van der Waals surface area (Å²) in [4.78, 5) is 0. The average Bonchev–Trinajstić information content (AvgIpc) is 2.54. The van der Waals surface area contributed by atoms with Gasteiger partial charge in [0.05, 0.1) is 17.5 Å². The first kappa shape index (κ1) is 15.7. The van der Waals surface area contributed by atoms with Crippen molar-refractivity contribution in [1.82, 2.24) is 0 Å². The van der Waals surface area contributed by atoms with Crippen molar-refractivity contribution in [3.8, 4) is 5.75 Å². The highest BCUT2D eigenvalue weighted by atomic mass is 16.5. The first-order valence-electron chi connectivity index (χ1n) is 7.83. The summed E-state index contributed by atoms with van der Waals surface area (Å²) in [6, 6.07) is 13.7. The highest BCUT2D eigenvalue weighted by Gasteiger charge is 2.24. The third-order valence-electron chi connectivity index (χ3n) is 3.65. The maximum atomic E-state index is 9.92. The van der Waals surface area contributed by atoms with Crippen LogP contribution in [0.5, 0.6) is 5.75 Å². The van der Waals surface area contributed by atoms with Crippen molar-refractivity contribution in [3.05, 3.63) is 48.0 Å². The zero-order valence-electron chi connectivity index (χ0n) is 13.4. The number of ether oxygens (including phenoxy) is 1. The normalized spacial score (nSPS) is 13.7. The molecule has 0 saturated carbocycles. The molecule has 1 aliphatic rings. The second-order valence-corrected chi connectivity index (χ2v) is 5.80. The van der Waals surface area contributed by atoms with Crippen molar-refractivity contribution in [2.24, 2.45) is 0 Å². The molecule has 1 aliphatic heterocycles. The fourth-order valence-electron chi connectivity index (χ4n) is 2.57. The first-order chi connectivity index (χ1) is 11.1. The van der Waals surface area contributed by atoms with Gasteiger partial charge in [-0.15, -0.1) is 0 Å². The Morgan fingerprint density at radius 2 is 2.00 bits per heavy atom. The molecule has 0 aromatic heterocycles. The molecule has 3 N–H and O–H groups in total. The number of hydrazine groups is 1. The number of benzene rings is 2. The molecule has 0 unspecified atom stereocenters. The van der Waals surface area contributed by atoms with E-state index in [1.165, 1.54) is 0 Å². The minimum Gasteiger partial charge on any atom is -0.489 e. The van der Waals surface area contributed by atoms with Crippen LogP contribution in [-0.4, -0.2) is 24.9 Å². The third kappa shape index (κ3) is 3.78. The van der Waals surface area contributed by atoms with Gasteiger partial charge in [-0.05, 0) is 55.6 Å². The molecule has 120 valence electrons. The number of fused-ring (bicyclic) bond motifs is 1. The zero-order chi connectivity index (χ0) is 16.2. The minimum absolute atomic E-state index is 0.106. The smallest absolute Gasteiger partial charge is 0.489 e. The van der Waals surface area contributed by atoms with Crippen molar-refractivity contribution in [2.75, 3.05) is 17.5 Å². The molecule has 0 aliphatic carbocycles. The van der Waals surface area contributed by atoms with E-state index in [2.05, 4.69) is 10.9 Å². The number of nitrogens with one attached hydrogen (secondary N) is 2. The fourth-order valence-corrected chi connectivity index (χ4v) is 2.57. The molecular formula is C17H21BN2O3. The van der Waals surface area contributed by atoms with Crippen LogP contribution in [0.15, 0.2) is 42.5 Å². The topological polar surface area (TPSA) is 62.8 Å². The average molecular weight is 312 g/mol. The summed E-state index contributed by atoms with van der Waals surface area (Å²) in [5, 5.41) is 9.92. The van der Waals surface area contributed by atoms with Crippen LogP contribution in [0.25, 0.3) is 0 Å². The number of hydrogen-bond acceptors (Lipinski definition) is 5. The van der Waals surface area contributed by atoms with Crippen molar-refractivity contribution in [3.63, 3.8) is 0 Å². The second-order valence-electron chi connectivity index (χ2n) is 5.80. The molecule has 0 saturated heterocycles. The van der Waals surface area contributed by atoms with Gasteiger partial charge >= 0.3 is 7.12 Å². The van der Waals surface area contributed by atoms with E-state index in [9.17, 15) is 5.02 Å². The molecule has 0 atom stereocenters. The number of hydrogen-bond donors (Lipinski definition) is 3. The molecule has 6 heteroatoms. The van der Waals surface area contributed by atoms with Gasteiger partial charge in [-0.3, -0.25) is 5.43 Å². The quantitative estimate of drug-likeness (QED) is 0.583. The van der Waals surface area contributed by atoms with Gasteiger partial charge in [-0.25, -0.2) is 0 Å². The maximum absolute atomic E-state index is 9.92. The van der Waals surface area contributed by atoms with Gasteiger partial charge in [0.25, 0.3) is 0 Å². The summed E-state index contributed by atoms with van der Waals surface area (Å²) < 4.78 is 11.1. The van der Waals surface area contributed by atoms with E-state index in [-0.39, 0.29) is 6.10 Å². The van der Waals surface area contributed by atoms with Crippen LogP contribution >= 0.6 is 0 Å². The Hall–Kier alpha value is -2.18. The molecule has 0 spiro atoms. The highest BCUT2D eigenvalue weighted by Crippen LogP contribution is 2.25. The van der Waals surface area contributed by atoms with Crippen molar-refractivity contribution < 1.29 is 14.4 Å². The lowest BCUT2D eigenvalue weighted by Gasteiger charge is -2.21. The summed E-state index contributed by atoms with van der Waals surface area (Å²) in [6.07, 6.45) is 0.930. The van der Waals surface area contributed by atoms with Gasteiger partial charge in [0.1, 0.15) is 5.75 Å². The Kier molecular flexibility index (Phi) is 4.74. The van der Waals surface area contributed by atoms with Gasteiger partial charge < -0.3 is 19.8 Å². The molecule has 0 fully saturated rings. The second kappa shape index (κ2) is 6.94. The molecule has 5 nitrogen and oxygen atoms in total. The Morgan fingerprint density at radius 1 is 1.17 bits per heavy atom. The van der Waals surface area contributed by atoms with E-state index in [4.69, 9.17) is 9.39 Å². The van der Waals surface area contributed by atoms with E-state index in [0.29, 0.717) is 6.61 Å². The highest BCUT2D eigenvalue weighted by molar-refractivity contribution is 6.61. The number of para-hydroxylation sites is 2. The summed E-state index contributed by atoms with van der Waals surface area (Å²) in [5.41, 5.74) is 9.96. The molecule has 3 rings (SSSR count). The van der Waals surface area contributed by atoms with Crippen LogP contribution in [0.1, 0.15) is 19.4 Å². The van der Waals surface area contributed by atoms with Crippen LogP contribution in [-0.2, 0) is 11.1 Å². The number of rotatable bonds is 5. The fraction of sp³-hybridized carbons (Fsp3) is 0.294. The minimum atomic E-state index is -0.850. The lowest BCUT2D eigenvalue weighted by atomic mass is 9.73. The maximum Gasteiger partial charge on any atom is 0.491 e. The predicted octanol–water partition coefficient (Wildman–Crippen LogP) is 2.17. The summed E-state index contributed by atoms with van der Waals surface area (Å²) in [7, 11) is -0.850. The van der Waals surface area contributed by atoms with E-state index < -0.39 is 7.12 Å². The first-order valence-corrected chi connectivity index (χ1v) is 7.83. The monoisotopic (exact) mass is 312 g/mol. The van der Waals surface area contributed by atoms with E-state index in [1.807, 2.05) is 56.3 Å². The molecule has 2 aromatic rings. The van der Waals surface area contributed by atoms with Crippen molar-refractivity contribution >= 4 is 24.0 Å². The van der Waals surface area contributed by atoms with Crippen LogP contribution in [0, 0.1) is 0 Å². The third-order valence-corrected chi connectivity index (χ3v) is 3.65. The lowest BCUT2D eigenvalue weighted by Crippen LogP contribution is -2.41. The molecular weight excluding hydrogens is 291 g/mol. The number of anilines is 2. The zero-order valence-corrected chi connectivity index (χ0v) is 13.4. The Morgan fingerprint density at radius 3 is 2.83 bits per heavy atom. The summed E-state index contributed by atoms with van der Waals surface area (Å²) in [6.45, 7) is 4.54. The molecule has 2 aromatic carbocycles. The van der Waals surface area contributed by atoms with Gasteiger partial charge in [0, 0.05) is 6.61 Å². The van der Waals surface area contributed by atoms with Gasteiger partial charge in [0.2, 0.25) is 0 Å². The van der Waals surface area contributed by atoms with Gasteiger partial charge in [-0.1, -0.05) is 18.2 Å². The van der Waals surface area contributed by atoms with Crippen LogP contribution < -0.4 is 21.1 Å². The van der Waals surface area contributed by atoms with Gasteiger partial charge in [-0.2, -0.15) is 0 Å². The summed E-state index contributed by atoms with van der Waals surface area (Å²) in [5.74, 6) is 0.788. The Labute approximate surface area is 136 Å². The Balaban J connectivity index is 1.73. The summed E-state index contributed by atoms with van der Waals surface area (Å²) >= 11 is 0. The Bertz CT molecular complexity index is 679. The van der Waals surface area contributed by atoms with Crippen LogP contribution in [0.2, 0.25) is 0 Å². The molecule has 1 heterocycles. The largest absolute Gasteiger partial charge is 0.491 e. The van der Waals surface area contributed by atoms with Crippen molar-refractivity contribution in [1.29, 1.82) is 0 Å². The van der Waals surface area contributed by atoms with E-state index >= 15 is 0 Å². The van der Waals surface area contributed by atoms with E-state index in [0.717, 1.165) is 34.6 Å². The van der Waals surface area contributed by atoms with Gasteiger partial charge in [0.15, 0.2) is 0 Å². The SMILES string of the molecule is CC(C)Oc1ccccc1NNc1ccc2c(c1)B(O)OCC2. The predicted molar refractivity (Wildman–Crippen MR) is 93.2 cm³/mol. The van der Waals surface area contributed by atoms with Crippen LogP contribution in [0.4, 0.5) is 11.4 Å². The van der Waals surface area contributed by atoms with Crippen LogP contribution in [0.3, 0.4) is 0 Å². The van der Waals surface area contributed by atoms with Crippen molar-refractivity contribution in [2.45, 2.75) is 26.4 Å². The van der Waals surface area contributed by atoms with E-state index in [1.54, 1.807) is 0 Å².